The molecule has 10 heavy (non-hydrogen) atoms. The summed E-state index contributed by atoms with van der Waals surface area (Å²) in [5, 5.41) is 3.12. The van der Waals surface area contributed by atoms with E-state index < -0.39 is 0 Å². The van der Waals surface area contributed by atoms with Gasteiger partial charge in [-0.05, 0) is 12.8 Å². The number of hydrogen-bond donors (Lipinski definition) is 1. The van der Waals surface area contributed by atoms with Crippen LogP contribution in [-0.4, -0.2) is 25.8 Å². The van der Waals surface area contributed by atoms with Crippen LogP contribution in [0.2, 0.25) is 0 Å². The van der Waals surface area contributed by atoms with Gasteiger partial charge in [0.05, 0.1) is 12.6 Å². The largest absolute Gasteiger partial charge is 0.377 e. The fraction of sp³-hybridized carbons (Fsp3) is 0.750. The molecule has 1 N–H and O–H groups in total. The summed E-state index contributed by atoms with van der Waals surface area (Å²) >= 11 is 0. The minimum Gasteiger partial charge on any atom is -0.377 e. The molecule has 0 aromatic heterocycles. The average molecular weight is 139 g/mol. The van der Waals surface area contributed by atoms with Crippen molar-refractivity contribution in [3.63, 3.8) is 0 Å². The van der Waals surface area contributed by atoms with Gasteiger partial charge in [-0.1, -0.05) is 5.92 Å². The molecule has 1 aliphatic rings. The molecular formula is C8H13NO. The summed E-state index contributed by atoms with van der Waals surface area (Å²) in [7, 11) is 0. The van der Waals surface area contributed by atoms with Gasteiger partial charge in [0.25, 0.3) is 0 Å². The third-order valence-electron chi connectivity index (χ3n) is 1.62. The maximum absolute atomic E-state index is 5.37. The van der Waals surface area contributed by atoms with Crippen LogP contribution in [0.5, 0.6) is 0 Å². The molecule has 0 bridgehead atoms. The molecule has 0 aliphatic carbocycles. The zero-order valence-electron chi connectivity index (χ0n) is 6.10. The molecule has 1 atom stereocenters. The van der Waals surface area contributed by atoms with Crippen LogP contribution in [0.15, 0.2) is 0 Å². The Balaban J connectivity index is 1.97. The van der Waals surface area contributed by atoms with E-state index in [9.17, 15) is 0 Å². The first-order valence-corrected chi connectivity index (χ1v) is 3.69. The molecule has 1 aliphatic heterocycles. The van der Waals surface area contributed by atoms with Gasteiger partial charge in [-0.25, -0.2) is 0 Å². The van der Waals surface area contributed by atoms with Crippen molar-refractivity contribution >= 4 is 0 Å². The van der Waals surface area contributed by atoms with E-state index in [0.29, 0.717) is 12.6 Å². The Morgan fingerprint density at radius 2 is 2.60 bits per heavy atom. The smallest absolute Gasteiger partial charge is 0.0700 e. The van der Waals surface area contributed by atoms with Crippen LogP contribution in [0.3, 0.4) is 0 Å². The lowest BCUT2D eigenvalue weighted by Gasteiger charge is -2.07. The Morgan fingerprint density at radius 3 is 3.20 bits per heavy atom. The first-order chi connectivity index (χ1) is 4.93. The van der Waals surface area contributed by atoms with Gasteiger partial charge in [-0.2, -0.15) is 0 Å². The summed E-state index contributed by atoms with van der Waals surface area (Å²) < 4.78 is 5.37. The molecule has 0 saturated carbocycles. The van der Waals surface area contributed by atoms with Gasteiger partial charge in [0.1, 0.15) is 0 Å². The third kappa shape index (κ3) is 2.38. The molecule has 56 valence electrons. The third-order valence-corrected chi connectivity index (χ3v) is 1.62. The van der Waals surface area contributed by atoms with E-state index in [1.807, 2.05) is 0 Å². The van der Waals surface area contributed by atoms with Crippen molar-refractivity contribution in [2.24, 2.45) is 0 Å². The Bertz CT molecular complexity index is 122. The highest BCUT2D eigenvalue weighted by atomic mass is 16.5. The molecule has 0 aromatic rings. The number of nitrogens with one attached hydrogen (secondary N) is 1. The lowest BCUT2D eigenvalue weighted by atomic mass is 10.2. The zero-order chi connectivity index (χ0) is 7.23. The maximum atomic E-state index is 5.37. The molecular weight excluding hydrogens is 126 g/mol. The summed E-state index contributed by atoms with van der Waals surface area (Å²) in [4.78, 5) is 0. The molecule has 0 aromatic carbocycles. The van der Waals surface area contributed by atoms with Crippen LogP contribution in [0.4, 0.5) is 0 Å². The van der Waals surface area contributed by atoms with Gasteiger partial charge in [0, 0.05) is 13.2 Å². The van der Waals surface area contributed by atoms with Crippen molar-refractivity contribution in [2.75, 3.05) is 19.7 Å². The van der Waals surface area contributed by atoms with Gasteiger partial charge >= 0.3 is 0 Å². The average Bonchev–Trinajstić information content (AvgIpc) is 2.41. The highest BCUT2D eigenvalue weighted by Crippen LogP contribution is 2.09. The normalized spacial score (nSPS) is 24.5. The van der Waals surface area contributed by atoms with Crippen LogP contribution in [-0.2, 0) is 4.74 Å². The van der Waals surface area contributed by atoms with Crippen LogP contribution in [0.1, 0.15) is 12.8 Å². The van der Waals surface area contributed by atoms with E-state index in [-0.39, 0.29) is 0 Å². The zero-order valence-corrected chi connectivity index (χ0v) is 6.10. The molecule has 0 amide bonds. The highest BCUT2D eigenvalue weighted by molar-refractivity contribution is 4.87. The first-order valence-electron chi connectivity index (χ1n) is 3.69. The molecule has 2 nitrogen and oxygen atoms in total. The Kier molecular flexibility index (Phi) is 3.28. The predicted octanol–water partition coefficient (Wildman–Crippen LogP) is 0.388. The van der Waals surface area contributed by atoms with Crippen molar-refractivity contribution in [3.8, 4) is 12.3 Å². The summed E-state index contributed by atoms with van der Waals surface area (Å²) in [5.41, 5.74) is 0. The van der Waals surface area contributed by atoms with Crippen LogP contribution >= 0.6 is 0 Å². The minimum atomic E-state index is 0.411. The first kappa shape index (κ1) is 7.59. The maximum Gasteiger partial charge on any atom is 0.0700 e. The van der Waals surface area contributed by atoms with Gasteiger partial charge in [0.15, 0.2) is 0 Å². The van der Waals surface area contributed by atoms with Gasteiger partial charge in [-0.15, -0.1) is 6.42 Å². The SMILES string of the molecule is C#CCNC[C@H]1CCCO1. The molecule has 1 rings (SSSR count). The fourth-order valence-corrected chi connectivity index (χ4v) is 1.11. The van der Waals surface area contributed by atoms with Crippen LogP contribution < -0.4 is 5.32 Å². The number of ether oxygens (including phenoxy) is 1. The Morgan fingerprint density at radius 1 is 1.70 bits per heavy atom. The lowest BCUT2D eigenvalue weighted by molar-refractivity contribution is 0.111. The highest BCUT2D eigenvalue weighted by Gasteiger charge is 2.13. The molecule has 0 unspecified atom stereocenters. The van der Waals surface area contributed by atoms with E-state index in [2.05, 4.69) is 11.2 Å². The van der Waals surface area contributed by atoms with Crippen molar-refractivity contribution < 1.29 is 4.74 Å². The Hall–Kier alpha value is -0.520. The van der Waals surface area contributed by atoms with Crippen molar-refractivity contribution in [2.45, 2.75) is 18.9 Å². The van der Waals surface area contributed by atoms with Gasteiger partial charge in [-0.3, -0.25) is 0 Å². The summed E-state index contributed by atoms with van der Waals surface area (Å²) in [5.74, 6) is 2.52. The van der Waals surface area contributed by atoms with E-state index >= 15 is 0 Å². The molecule has 2 heteroatoms. The number of terminal acetylenes is 1. The lowest BCUT2D eigenvalue weighted by Crippen LogP contribution is -2.26. The summed E-state index contributed by atoms with van der Waals surface area (Å²) in [6.45, 7) is 2.48. The number of hydrogen-bond acceptors (Lipinski definition) is 2. The summed E-state index contributed by atoms with van der Waals surface area (Å²) in [6.07, 6.45) is 7.85. The summed E-state index contributed by atoms with van der Waals surface area (Å²) in [6, 6.07) is 0. The monoisotopic (exact) mass is 139 g/mol. The standard InChI is InChI=1S/C8H13NO/c1-2-5-9-7-8-4-3-6-10-8/h1,8-9H,3-7H2/t8-/m1/s1. The van der Waals surface area contributed by atoms with E-state index in [4.69, 9.17) is 11.2 Å². The second kappa shape index (κ2) is 4.32. The molecule has 0 spiro atoms. The van der Waals surface area contributed by atoms with Crippen LogP contribution in [0.25, 0.3) is 0 Å². The van der Waals surface area contributed by atoms with Gasteiger partial charge < -0.3 is 10.1 Å². The van der Waals surface area contributed by atoms with Crippen molar-refractivity contribution in [1.82, 2.24) is 5.32 Å². The molecule has 1 heterocycles. The topological polar surface area (TPSA) is 21.3 Å². The van der Waals surface area contributed by atoms with Gasteiger partial charge in [0.2, 0.25) is 0 Å². The second-order valence-corrected chi connectivity index (χ2v) is 2.47. The fourth-order valence-electron chi connectivity index (χ4n) is 1.11. The minimum absolute atomic E-state index is 0.411. The second-order valence-electron chi connectivity index (χ2n) is 2.47. The molecule has 1 saturated heterocycles. The number of rotatable bonds is 3. The van der Waals surface area contributed by atoms with E-state index in [1.54, 1.807) is 0 Å². The molecule has 0 radical (unpaired) electrons. The van der Waals surface area contributed by atoms with Crippen molar-refractivity contribution in [3.05, 3.63) is 0 Å². The predicted molar refractivity (Wildman–Crippen MR) is 40.7 cm³/mol. The quantitative estimate of drug-likeness (QED) is 0.451. The van der Waals surface area contributed by atoms with E-state index in [1.165, 1.54) is 12.8 Å². The van der Waals surface area contributed by atoms with Crippen LogP contribution in [0, 0.1) is 12.3 Å². The Labute approximate surface area is 62.0 Å². The van der Waals surface area contributed by atoms with E-state index in [0.717, 1.165) is 13.2 Å². The van der Waals surface area contributed by atoms with Crippen molar-refractivity contribution in [1.29, 1.82) is 0 Å². The molecule has 1 fully saturated rings.